The van der Waals surface area contributed by atoms with Crippen molar-refractivity contribution in [1.29, 1.82) is 0 Å². The number of carbonyl (C=O) groups is 1. The Balaban J connectivity index is 0. The van der Waals surface area contributed by atoms with E-state index in [2.05, 4.69) is 0 Å². The summed E-state index contributed by atoms with van der Waals surface area (Å²) in [5.74, 6) is -0.845. The van der Waals surface area contributed by atoms with E-state index in [0.29, 0.717) is 0 Å². The molecule has 0 spiro atoms. The number of alkyl halides is 1. The first-order chi connectivity index (χ1) is 3.13. The van der Waals surface area contributed by atoms with Crippen molar-refractivity contribution in [2.24, 2.45) is 0 Å². The van der Waals surface area contributed by atoms with Crippen molar-refractivity contribution in [1.82, 2.24) is 0 Å². The van der Waals surface area contributed by atoms with Gasteiger partial charge < -0.3 is 5.11 Å². The second kappa shape index (κ2) is 5.52. The standard InChI is InChI=1S/C4H7ClO2.Zn/c1-3(5)2-4(6)7;/h3H,2H2,1H3,(H,6,7);. The van der Waals surface area contributed by atoms with Gasteiger partial charge in [-0.25, -0.2) is 0 Å². The fourth-order valence-corrected chi connectivity index (χ4v) is 0.373. The van der Waals surface area contributed by atoms with Gasteiger partial charge in [0.05, 0.1) is 6.42 Å². The molecule has 1 atom stereocenters. The van der Waals surface area contributed by atoms with Crippen LogP contribution in [0.15, 0.2) is 0 Å². The van der Waals surface area contributed by atoms with E-state index in [0.717, 1.165) is 0 Å². The predicted octanol–water partition coefficient (Wildman–Crippen LogP) is 1.09. The van der Waals surface area contributed by atoms with E-state index in [9.17, 15) is 4.79 Å². The smallest absolute Gasteiger partial charge is 0.304 e. The molecule has 1 N–H and O–H groups in total. The van der Waals surface area contributed by atoms with Gasteiger partial charge in [0.25, 0.3) is 0 Å². The zero-order valence-electron chi connectivity index (χ0n) is 4.72. The van der Waals surface area contributed by atoms with Crippen LogP contribution in [-0.4, -0.2) is 16.5 Å². The van der Waals surface area contributed by atoms with Crippen LogP contribution in [0.1, 0.15) is 13.3 Å². The summed E-state index contributed by atoms with van der Waals surface area (Å²) in [5.41, 5.74) is 0. The summed E-state index contributed by atoms with van der Waals surface area (Å²) in [4.78, 5) is 9.73. The van der Waals surface area contributed by atoms with Crippen molar-refractivity contribution in [3.05, 3.63) is 0 Å². The Kier molecular flexibility index (Phi) is 7.74. The number of carboxylic acids is 1. The van der Waals surface area contributed by atoms with E-state index in [1.54, 1.807) is 6.92 Å². The Labute approximate surface area is 66.0 Å². The predicted molar refractivity (Wildman–Crippen MR) is 27.6 cm³/mol. The molecule has 0 aromatic rings. The molecule has 0 rings (SSSR count). The van der Waals surface area contributed by atoms with Crippen molar-refractivity contribution >= 4 is 17.6 Å². The van der Waals surface area contributed by atoms with Gasteiger partial charge in [-0.05, 0) is 6.92 Å². The molecule has 0 fully saturated rings. The van der Waals surface area contributed by atoms with Gasteiger partial charge in [0.2, 0.25) is 0 Å². The van der Waals surface area contributed by atoms with E-state index < -0.39 is 5.97 Å². The summed E-state index contributed by atoms with van der Waals surface area (Å²) >= 11 is 5.29. The third-order valence-corrected chi connectivity index (χ3v) is 0.610. The van der Waals surface area contributed by atoms with Gasteiger partial charge in [0.1, 0.15) is 0 Å². The summed E-state index contributed by atoms with van der Waals surface area (Å²) < 4.78 is 0. The van der Waals surface area contributed by atoms with Crippen LogP contribution in [0, 0.1) is 0 Å². The minimum Gasteiger partial charge on any atom is -0.481 e. The Morgan fingerprint density at radius 3 is 2.25 bits per heavy atom. The minimum absolute atomic E-state index is 0. The first-order valence-corrected chi connectivity index (χ1v) is 2.42. The molecule has 0 heterocycles. The van der Waals surface area contributed by atoms with Gasteiger partial charge in [-0.15, -0.1) is 11.6 Å². The normalized spacial score (nSPS) is 11.8. The molecule has 0 saturated heterocycles. The quantitative estimate of drug-likeness (QED) is 0.520. The van der Waals surface area contributed by atoms with Crippen molar-refractivity contribution in [2.45, 2.75) is 18.7 Å². The zero-order chi connectivity index (χ0) is 5.86. The average molecular weight is 188 g/mol. The topological polar surface area (TPSA) is 37.3 Å². The van der Waals surface area contributed by atoms with Gasteiger partial charge in [0.15, 0.2) is 0 Å². The minimum atomic E-state index is -0.845. The molecule has 0 aromatic carbocycles. The van der Waals surface area contributed by atoms with Crippen molar-refractivity contribution < 1.29 is 29.4 Å². The first-order valence-electron chi connectivity index (χ1n) is 1.99. The van der Waals surface area contributed by atoms with Gasteiger partial charge in [-0.1, -0.05) is 0 Å². The summed E-state index contributed by atoms with van der Waals surface area (Å²) in [6, 6.07) is 0. The number of halogens is 1. The van der Waals surface area contributed by atoms with Gasteiger partial charge in [0, 0.05) is 24.9 Å². The maximum Gasteiger partial charge on any atom is 0.304 e. The van der Waals surface area contributed by atoms with Crippen LogP contribution in [0.3, 0.4) is 0 Å². The van der Waals surface area contributed by atoms with Crippen LogP contribution in [0.2, 0.25) is 0 Å². The maximum absolute atomic E-state index is 9.73. The summed E-state index contributed by atoms with van der Waals surface area (Å²) in [6.45, 7) is 1.65. The molecule has 44 valence electrons. The van der Waals surface area contributed by atoms with Crippen LogP contribution in [0.5, 0.6) is 0 Å². The van der Waals surface area contributed by atoms with Crippen LogP contribution in [-0.2, 0) is 24.3 Å². The largest absolute Gasteiger partial charge is 0.481 e. The van der Waals surface area contributed by atoms with E-state index in [1.165, 1.54) is 0 Å². The molecule has 8 heavy (non-hydrogen) atoms. The molecular weight excluding hydrogens is 181 g/mol. The van der Waals surface area contributed by atoms with E-state index >= 15 is 0 Å². The second-order valence-electron chi connectivity index (χ2n) is 1.38. The fourth-order valence-electron chi connectivity index (χ4n) is 0.241. The van der Waals surface area contributed by atoms with Crippen molar-refractivity contribution in [3.63, 3.8) is 0 Å². The van der Waals surface area contributed by atoms with Gasteiger partial charge in [-0.2, -0.15) is 0 Å². The van der Waals surface area contributed by atoms with Crippen LogP contribution in [0.4, 0.5) is 0 Å². The maximum atomic E-state index is 9.73. The van der Waals surface area contributed by atoms with E-state index in [4.69, 9.17) is 16.7 Å². The molecule has 0 aliphatic rings. The molecule has 0 saturated carbocycles. The van der Waals surface area contributed by atoms with Crippen LogP contribution in [0.25, 0.3) is 0 Å². The summed E-state index contributed by atoms with van der Waals surface area (Å²) in [7, 11) is 0. The molecule has 4 heteroatoms. The molecule has 0 bridgehead atoms. The Morgan fingerprint density at radius 1 is 1.88 bits per heavy atom. The van der Waals surface area contributed by atoms with Crippen molar-refractivity contribution in [3.8, 4) is 0 Å². The molecule has 0 aromatic heterocycles. The summed E-state index contributed by atoms with van der Waals surface area (Å²) in [5, 5.41) is 7.75. The molecule has 0 amide bonds. The van der Waals surface area contributed by atoms with Crippen LogP contribution >= 0.6 is 11.6 Å². The van der Waals surface area contributed by atoms with E-state index in [-0.39, 0.29) is 31.3 Å². The summed E-state index contributed by atoms with van der Waals surface area (Å²) in [6.07, 6.45) is 0.0432. The average Bonchev–Trinajstić information content (AvgIpc) is 1.27. The molecular formula is C4H7ClO2Zn. The second-order valence-corrected chi connectivity index (χ2v) is 2.12. The Bertz CT molecular complexity index is 74.4. The number of rotatable bonds is 2. The first kappa shape index (κ1) is 11.2. The molecule has 2 nitrogen and oxygen atoms in total. The van der Waals surface area contributed by atoms with Gasteiger partial charge >= 0.3 is 5.97 Å². The van der Waals surface area contributed by atoms with Gasteiger partial charge in [-0.3, -0.25) is 4.79 Å². The van der Waals surface area contributed by atoms with E-state index in [1.807, 2.05) is 0 Å². The fraction of sp³-hybridized carbons (Fsp3) is 0.750. The van der Waals surface area contributed by atoms with Crippen molar-refractivity contribution in [2.75, 3.05) is 0 Å². The van der Waals surface area contributed by atoms with Crippen LogP contribution < -0.4 is 0 Å². The monoisotopic (exact) mass is 186 g/mol. The molecule has 1 unspecified atom stereocenters. The Morgan fingerprint density at radius 2 is 2.25 bits per heavy atom. The third kappa shape index (κ3) is 9.63. The number of hydrogen-bond acceptors (Lipinski definition) is 1. The number of carboxylic acid groups (broad SMARTS) is 1. The molecule has 0 aliphatic heterocycles. The number of aliphatic carboxylic acids is 1. The Hall–Kier alpha value is 0.383. The SMILES string of the molecule is CC(Cl)CC(=O)O.[Zn]. The molecule has 0 aliphatic carbocycles. The third-order valence-electron chi connectivity index (χ3n) is 0.456. The number of hydrogen-bond donors (Lipinski definition) is 1. The zero-order valence-corrected chi connectivity index (χ0v) is 8.45. The molecule has 0 radical (unpaired) electrons.